The molecule has 1 aliphatic heterocycles. The molecule has 1 saturated heterocycles. The summed E-state index contributed by atoms with van der Waals surface area (Å²) in [6.07, 6.45) is 4.34. The lowest BCUT2D eigenvalue weighted by atomic mass is 9.44. The summed E-state index contributed by atoms with van der Waals surface area (Å²) in [7, 11) is 1.66. The SMILES string of the molecule is CCOC(=O)[C@@]1(C)C2CCC3(CC2)C(=O)N(Cc2ccc(OC)cc2)[C@@H](Cc2ccccc2)[C@@H]31. The topological polar surface area (TPSA) is 55.8 Å². The van der Waals surface area contributed by atoms with Crippen LogP contribution in [-0.2, 0) is 27.3 Å². The van der Waals surface area contributed by atoms with Crippen LogP contribution in [0, 0.1) is 22.7 Å². The molecule has 34 heavy (non-hydrogen) atoms. The standard InChI is InChI=1S/C29H35NO4/c1-4-34-27(32)28(2)22-14-16-29(17-15-22)25(28)24(18-20-8-6-5-7-9-20)30(26(29)31)19-21-10-12-23(33-3)13-11-21/h5-13,22,24-25H,4,14-19H2,1-3H3/t22?,24-,25+,28-,29?/m0/s1. The van der Waals surface area contributed by atoms with Crippen molar-refractivity contribution in [3.63, 3.8) is 0 Å². The molecule has 180 valence electrons. The molecule has 6 rings (SSSR count). The van der Waals surface area contributed by atoms with E-state index in [0.29, 0.717) is 13.2 Å². The lowest BCUT2D eigenvalue weighted by Gasteiger charge is -2.57. The maximum Gasteiger partial charge on any atom is 0.312 e. The number of ether oxygens (including phenoxy) is 2. The van der Waals surface area contributed by atoms with Gasteiger partial charge in [-0.15, -0.1) is 0 Å². The van der Waals surface area contributed by atoms with E-state index in [9.17, 15) is 9.59 Å². The number of hydrogen-bond acceptors (Lipinski definition) is 4. The maximum absolute atomic E-state index is 14.3. The normalized spacial score (nSPS) is 31.9. The Morgan fingerprint density at radius 3 is 2.32 bits per heavy atom. The van der Waals surface area contributed by atoms with Gasteiger partial charge in [-0.1, -0.05) is 42.5 Å². The average Bonchev–Trinajstić information content (AvgIpc) is 3.09. The molecule has 1 heterocycles. The molecule has 2 aromatic rings. The number of carbonyl (C=O) groups excluding carboxylic acids is 2. The molecule has 4 fully saturated rings. The van der Waals surface area contributed by atoms with Gasteiger partial charge in [0.05, 0.1) is 24.5 Å². The predicted octanol–water partition coefficient (Wildman–Crippen LogP) is 5.02. The van der Waals surface area contributed by atoms with Gasteiger partial charge in [-0.05, 0) is 75.1 Å². The summed E-state index contributed by atoms with van der Waals surface area (Å²) in [5, 5.41) is 0. The number of rotatable bonds is 7. The molecule has 3 atom stereocenters. The summed E-state index contributed by atoms with van der Waals surface area (Å²) in [6, 6.07) is 18.3. The van der Waals surface area contributed by atoms with Crippen molar-refractivity contribution in [1.29, 1.82) is 0 Å². The summed E-state index contributed by atoms with van der Waals surface area (Å²) in [4.78, 5) is 29.9. The third kappa shape index (κ3) is 3.43. The van der Waals surface area contributed by atoms with Crippen LogP contribution in [0.4, 0.5) is 0 Å². The monoisotopic (exact) mass is 461 g/mol. The Bertz CT molecular complexity index is 1040. The van der Waals surface area contributed by atoms with Crippen molar-refractivity contribution < 1.29 is 19.1 Å². The zero-order valence-electron chi connectivity index (χ0n) is 20.5. The van der Waals surface area contributed by atoms with E-state index in [1.807, 2.05) is 49.4 Å². The number of methoxy groups -OCH3 is 1. The molecule has 1 spiro atoms. The zero-order chi connectivity index (χ0) is 23.9. The predicted molar refractivity (Wildman–Crippen MR) is 130 cm³/mol. The van der Waals surface area contributed by atoms with E-state index in [2.05, 4.69) is 24.0 Å². The first kappa shape index (κ1) is 22.9. The van der Waals surface area contributed by atoms with Crippen molar-refractivity contribution in [2.45, 2.75) is 58.5 Å². The van der Waals surface area contributed by atoms with Gasteiger partial charge >= 0.3 is 5.97 Å². The highest BCUT2D eigenvalue weighted by atomic mass is 16.5. The van der Waals surface area contributed by atoms with Crippen LogP contribution < -0.4 is 4.74 Å². The Labute approximate surface area is 202 Å². The molecule has 1 amide bonds. The Hall–Kier alpha value is -2.82. The smallest absolute Gasteiger partial charge is 0.312 e. The molecule has 4 aliphatic rings. The van der Waals surface area contributed by atoms with E-state index >= 15 is 0 Å². The molecule has 5 heteroatoms. The highest BCUT2D eigenvalue weighted by molar-refractivity contribution is 5.90. The van der Waals surface area contributed by atoms with Crippen LogP contribution in [0.3, 0.4) is 0 Å². The Morgan fingerprint density at radius 2 is 1.71 bits per heavy atom. The first-order chi connectivity index (χ1) is 16.4. The van der Waals surface area contributed by atoms with Crippen molar-refractivity contribution in [3.8, 4) is 5.75 Å². The number of esters is 1. The molecule has 0 N–H and O–H groups in total. The number of nitrogens with zero attached hydrogens (tertiary/aromatic N) is 1. The van der Waals surface area contributed by atoms with E-state index in [-0.39, 0.29) is 29.8 Å². The molecular formula is C29H35NO4. The summed E-state index contributed by atoms with van der Waals surface area (Å²) in [5.41, 5.74) is 1.16. The second-order valence-electron chi connectivity index (χ2n) is 10.4. The Balaban J connectivity index is 1.58. The molecule has 2 bridgehead atoms. The largest absolute Gasteiger partial charge is 0.497 e. The van der Waals surface area contributed by atoms with Gasteiger partial charge in [0.25, 0.3) is 0 Å². The molecular weight excluding hydrogens is 426 g/mol. The molecule has 0 unspecified atom stereocenters. The van der Waals surface area contributed by atoms with Crippen molar-refractivity contribution in [2.75, 3.05) is 13.7 Å². The zero-order valence-corrected chi connectivity index (χ0v) is 20.5. The number of fused-ring (bicyclic) bond motifs is 2. The number of benzene rings is 2. The Morgan fingerprint density at radius 1 is 1.03 bits per heavy atom. The fraction of sp³-hybridized carbons (Fsp3) is 0.517. The molecule has 3 aliphatic carbocycles. The van der Waals surface area contributed by atoms with E-state index in [1.165, 1.54) is 5.56 Å². The minimum absolute atomic E-state index is 0.0440. The van der Waals surface area contributed by atoms with Gasteiger partial charge in [0.15, 0.2) is 0 Å². The summed E-state index contributed by atoms with van der Waals surface area (Å²) in [6.45, 7) is 4.88. The van der Waals surface area contributed by atoms with Crippen molar-refractivity contribution >= 4 is 11.9 Å². The molecule has 2 aromatic carbocycles. The van der Waals surface area contributed by atoms with Crippen molar-refractivity contribution in [3.05, 3.63) is 65.7 Å². The highest BCUT2D eigenvalue weighted by Crippen LogP contribution is 2.68. The van der Waals surface area contributed by atoms with Gasteiger partial charge < -0.3 is 14.4 Å². The van der Waals surface area contributed by atoms with Crippen LogP contribution in [0.5, 0.6) is 5.75 Å². The van der Waals surface area contributed by atoms with Crippen LogP contribution >= 0.6 is 0 Å². The number of likely N-dealkylation sites (tertiary alicyclic amines) is 1. The minimum atomic E-state index is -0.643. The van der Waals surface area contributed by atoms with Gasteiger partial charge in [-0.3, -0.25) is 9.59 Å². The van der Waals surface area contributed by atoms with E-state index in [1.54, 1.807) is 7.11 Å². The molecule has 0 radical (unpaired) electrons. The van der Waals surface area contributed by atoms with Gasteiger partial charge in [-0.2, -0.15) is 0 Å². The van der Waals surface area contributed by atoms with Crippen molar-refractivity contribution in [1.82, 2.24) is 4.90 Å². The van der Waals surface area contributed by atoms with Crippen LogP contribution in [0.1, 0.15) is 50.7 Å². The number of amides is 1. The van der Waals surface area contributed by atoms with Crippen LogP contribution in [0.15, 0.2) is 54.6 Å². The second-order valence-corrected chi connectivity index (χ2v) is 10.4. The highest BCUT2D eigenvalue weighted by Gasteiger charge is 2.72. The second kappa shape index (κ2) is 8.75. The van der Waals surface area contributed by atoms with Gasteiger partial charge in [0, 0.05) is 18.5 Å². The van der Waals surface area contributed by atoms with Gasteiger partial charge in [0.1, 0.15) is 5.75 Å². The minimum Gasteiger partial charge on any atom is -0.497 e. The molecule has 3 saturated carbocycles. The van der Waals surface area contributed by atoms with Gasteiger partial charge in [0.2, 0.25) is 5.91 Å². The molecule has 5 nitrogen and oxygen atoms in total. The summed E-state index contributed by atoms with van der Waals surface area (Å²) < 4.78 is 11.0. The first-order valence-corrected chi connectivity index (χ1v) is 12.6. The van der Waals surface area contributed by atoms with Crippen molar-refractivity contribution in [2.24, 2.45) is 22.7 Å². The van der Waals surface area contributed by atoms with E-state index in [0.717, 1.165) is 43.4 Å². The third-order valence-corrected chi connectivity index (χ3v) is 8.95. The Kier molecular flexibility index (Phi) is 5.91. The average molecular weight is 462 g/mol. The lowest BCUT2D eigenvalue weighted by molar-refractivity contribution is -0.183. The van der Waals surface area contributed by atoms with E-state index < -0.39 is 10.8 Å². The fourth-order valence-electron chi connectivity index (χ4n) is 7.38. The van der Waals surface area contributed by atoms with Crippen LogP contribution in [-0.4, -0.2) is 36.5 Å². The quantitative estimate of drug-likeness (QED) is 0.543. The maximum atomic E-state index is 14.3. The van der Waals surface area contributed by atoms with Crippen LogP contribution in [0.25, 0.3) is 0 Å². The number of hydrogen-bond donors (Lipinski definition) is 0. The molecule has 0 aromatic heterocycles. The first-order valence-electron chi connectivity index (χ1n) is 12.6. The lowest BCUT2D eigenvalue weighted by Crippen LogP contribution is -2.60. The summed E-state index contributed by atoms with van der Waals surface area (Å²) in [5.74, 6) is 1.13. The third-order valence-electron chi connectivity index (χ3n) is 8.95. The van der Waals surface area contributed by atoms with Gasteiger partial charge in [-0.25, -0.2) is 0 Å². The summed E-state index contributed by atoms with van der Waals surface area (Å²) >= 11 is 0. The fourth-order valence-corrected chi connectivity index (χ4v) is 7.38. The number of carbonyl (C=O) groups is 2. The van der Waals surface area contributed by atoms with Crippen LogP contribution in [0.2, 0.25) is 0 Å². The van der Waals surface area contributed by atoms with E-state index in [4.69, 9.17) is 9.47 Å².